The van der Waals surface area contributed by atoms with E-state index in [9.17, 15) is 4.79 Å². The van der Waals surface area contributed by atoms with Crippen molar-refractivity contribution in [2.45, 2.75) is 26.8 Å². The molecular weight excluding hydrogens is 306 g/mol. The van der Waals surface area contributed by atoms with Crippen molar-refractivity contribution in [3.8, 4) is 11.5 Å². The van der Waals surface area contributed by atoms with Crippen LogP contribution in [-0.2, 0) is 6.54 Å². The van der Waals surface area contributed by atoms with Gasteiger partial charge in [0.1, 0.15) is 5.82 Å². The number of ether oxygens (including phenoxy) is 2. The van der Waals surface area contributed by atoms with Gasteiger partial charge in [0, 0.05) is 19.2 Å². The second-order valence-corrected chi connectivity index (χ2v) is 6.88. The van der Waals surface area contributed by atoms with E-state index in [1.165, 1.54) is 6.42 Å². The van der Waals surface area contributed by atoms with Gasteiger partial charge in [0.2, 0.25) is 0 Å². The third kappa shape index (κ3) is 3.38. The van der Waals surface area contributed by atoms with Crippen molar-refractivity contribution in [1.29, 1.82) is 0 Å². The summed E-state index contributed by atoms with van der Waals surface area (Å²) in [4.78, 5) is 22.3. The van der Waals surface area contributed by atoms with E-state index in [2.05, 4.69) is 28.7 Å². The zero-order valence-electron chi connectivity index (χ0n) is 14.8. The third-order valence-corrected chi connectivity index (χ3v) is 4.58. The van der Waals surface area contributed by atoms with E-state index in [-0.39, 0.29) is 5.56 Å². The number of likely N-dealkylation sites (tertiary alicyclic amines) is 1. The summed E-state index contributed by atoms with van der Waals surface area (Å²) in [6.07, 6.45) is 1.26. The fraction of sp³-hybridized carbons (Fsp3) is 0.556. The van der Waals surface area contributed by atoms with Gasteiger partial charge >= 0.3 is 0 Å². The van der Waals surface area contributed by atoms with Crippen LogP contribution in [0.25, 0.3) is 10.9 Å². The molecule has 24 heavy (non-hydrogen) atoms. The second-order valence-electron chi connectivity index (χ2n) is 6.88. The molecule has 130 valence electrons. The molecule has 1 N–H and O–H groups in total. The summed E-state index contributed by atoms with van der Waals surface area (Å²) in [6.45, 7) is 7.29. The van der Waals surface area contributed by atoms with Gasteiger partial charge in [0.15, 0.2) is 11.5 Å². The average molecular weight is 331 g/mol. The topological polar surface area (TPSA) is 67.5 Å². The maximum Gasteiger partial charge on any atom is 0.258 e. The van der Waals surface area contributed by atoms with E-state index < -0.39 is 0 Å². The summed E-state index contributed by atoms with van der Waals surface area (Å²) < 4.78 is 10.6. The number of fused-ring (bicyclic) bond motifs is 1. The lowest BCUT2D eigenvalue weighted by atomic mass is 9.92. The van der Waals surface area contributed by atoms with Crippen LogP contribution in [0.2, 0.25) is 0 Å². The first-order valence-corrected chi connectivity index (χ1v) is 8.37. The highest BCUT2D eigenvalue weighted by molar-refractivity contribution is 5.81. The summed E-state index contributed by atoms with van der Waals surface area (Å²) in [5.74, 6) is 3.15. The number of aromatic amines is 1. The highest BCUT2D eigenvalue weighted by Gasteiger charge is 2.22. The Kier molecular flexibility index (Phi) is 4.76. The normalized spacial score (nSPS) is 21.8. The van der Waals surface area contributed by atoms with Crippen molar-refractivity contribution in [3.63, 3.8) is 0 Å². The number of nitrogens with one attached hydrogen (secondary N) is 1. The molecule has 1 fully saturated rings. The molecule has 1 saturated heterocycles. The molecule has 6 nitrogen and oxygen atoms in total. The minimum atomic E-state index is -0.144. The average Bonchev–Trinajstić information content (AvgIpc) is 2.52. The van der Waals surface area contributed by atoms with Crippen LogP contribution in [0.5, 0.6) is 11.5 Å². The molecule has 2 atom stereocenters. The Balaban J connectivity index is 1.93. The number of aromatic nitrogens is 2. The van der Waals surface area contributed by atoms with Gasteiger partial charge in [-0.15, -0.1) is 0 Å². The number of hydrogen-bond acceptors (Lipinski definition) is 5. The standard InChI is InChI=1S/C18H25N3O3/c1-11-5-12(2)9-21(8-11)10-17-19-14-7-16(24-4)15(23-3)6-13(14)18(22)20-17/h6-7,11-12H,5,8-10H2,1-4H3,(H,19,20,22)/t11-,12-/m0/s1. The molecule has 0 saturated carbocycles. The largest absolute Gasteiger partial charge is 0.493 e. The van der Waals surface area contributed by atoms with E-state index in [4.69, 9.17) is 9.47 Å². The van der Waals surface area contributed by atoms with Crippen LogP contribution in [0, 0.1) is 11.8 Å². The second kappa shape index (κ2) is 6.81. The van der Waals surface area contributed by atoms with E-state index >= 15 is 0 Å². The van der Waals surface area contributed by atoms with Crippen molar-refractivity contribution in [2.24, 2.45) is 11.8 Å². The number of benzene rings is 1. The predicted molar refractivity (Wildman–Crippen MR) is 93.7 cm³/mol. The lowest BCUT2D eigenvalue weighted by Gasteiger charge is -2.34. The number of H-pyrrole nitrogens is 1. The van der Waals surface area contributed by atoms with Gasteiger partial charge in [0.05, 0.1) is 31.7 Å². The molecule has 1 aliphatic heterocycles. The fourth-order valence-corrected chi connectivity index (χ4v) is 3.72. The Morgan fingerprint density at radius 3 is 2.42 bits per heavy atom. The molecule has 0 amide bonds. The van der Waals surface area contributed by atoms with E-state index in [0.717, 1.165) is 13.1 Å². The highest BCUT2D eigenvalue weighted by Crippen LogP contribution is 2.30. The van der Waals surface area contributed by atoms with Crippen molar-refractivity contribution in [3.05, 3.63) is 28.3 Å². The molecule has 0 radical (unpaired) electrons. The van der Waals surface area contributed by atoms with Gasteiger partial charge in [-0.25, -0.2) is 4.98 Å². The van der Waals surface area contributed by atoms with E-state index in [1.807, 2.05) is 0 Å². The molecule has 0 spiro atoms. The first-order chi connectivity index (χ1) is 11.5. The molecule has 0 aliphatic carbocycles. The van der Waals surface area contributed by atoms with E-state index in [1.54, 1.807) is 26.4 Å². The van der Waals surface area contributed by atoms with Crippen LogP contribution in [0.3, 0.4) is 0 Å². The van der Waals surface area contributed by atoms with Crippen LogP contribution in [-0.4, -0.2) is 42.2 Å². The van der Waals surface area contributed by atoms with Gasteiger partial charge in [0.25, 0.3) is 5.56 Å². The highest BCUT2D eigenvalue weighted by atomic mass is 16.5. The van der Waals surface area contributed by atoms with Crippen LogP contribution in [0.15, 0.2) is 16.9 Å². The number of nitrogens with zero attached hydrogens (tertiary/aromatic N) is 2. The van der Waals surface area contributed by atoms with Gasteiger partial charge in [-0.3, -0.25) is 9.69 Å². The molecule has 3 rings (SSSR count). The lowest BCUT2D eigenvalue weighted by molar-refractivity contribution is 0.131. The first kappa shape index (κ1) is 16.8. The summed E-state index contributed by atoms with van der Waals surface area (Å²) in [5.41, 5.74) is 0.485. The molecule has 0 bridgehead atoms. The smallest absolute Gasteiger partial charge is 0.258 e. The van der Waals surface area contributed by atoms with Crippen molar-refractivity contribution >= 4 is 10.9 Å². The lowest BCUT2D eigenvalue weighted by Crippen LogP contribution is -2.38. The summed E-state index contributed by atoms with van der Waals surface area (Å²) >= 11 is 0. The SMILES string of the molecule is COc1cc2nc(CN3C[C@@H](C)C[C@H](C)C3)[nH]c(=O)c2cc1OC. The molecule has 1 aliphatic rings. The Bertz CT molecular complexity index is 777. The molecule has 1 aromatic carbocycles. The zero-order valence-corrected chi connectivity index (χ0v) is 14.8. The molecular formula is C18H25N3O3. The van der Waals surface area contributed by atoms with Crippen molar-refractivity contribution in [1.82, 2.24) is 14.9 Å². The zero-order chi connectivity index (χ0) is 17.3. The molecule has 2 aromatic rings. The molecule has 2 heterocycles. The first-order valence-electron chi connectivity index (χ1n) is 8.37. The Hall–Kier alpha value is -2.08. The van der Waals surface area contributed by atoms with Gasteiger partial charge in [-0.1, -0.05) is 13.8 Å². The maximum absolute atomic E-state index is 12.4. The summed E-state index contributed by atoms with van der Waals surface area (Å²) in [6, 6.07) is 3.43. The number of piperidine rings is 1. The minimum Gasteiger partial charge on any atom is -0.493 e. The van der Waals surface area contributed by atoms with Crippen molar-refractivity contribution < 1.29 is 9.47 Å². The number of rotatable bonds is 4. The Morgan fingerprint density at radius 2 is 1.79 bits per heavy atom. The number of methoxy groups -OCH3 is 2. The minimum absolute atomic E-state index is 0.144. The van der Waals surface area contributed by atoms with Gasteiger partial charge in [-0.05, 0) is 24.3 Å². The van der Waals surface area contributed by atoms with Crippen molar-refractivity contribution in [2.75, 3.05) is 27.3 Å². The monoisotopic (exact) mass is 331 g/mol. The van der Waals surface area contributed by atoms with Crippen LogP contribution >= 0.6 is 0 Å². The third-order valence-electron chi connectivity index (χ3n) is 4.58. The quantitative estimate of drug-likeness (QED) is 0.932. The Morgan fingerprint density at radius 1 is 1.17 bits per heavy atom. The summed E-state index contributed by atoms with van der Waals surface area (Å²) in [7, 11) is 3.13. The maximum atomic E-state index is 12.4. The molecule has 0 unspecified atom stereocenters. The van der Waals surface area contributed by atoms with Crippen LogP contribution < -0.4 is 15.0 Å². The van der Waals surface area contributed by atoms with Gasteiger partial charge in [-0.2, -0.15) is 0 Å². The van der Waals surface area contributed by atoms with Gasteiger partial charge < -0.3 is 14.5 Å². The predicted octanol–water partition coefficient (Wildman–Crippen LogP) is 2.42. The number of hydrogen-bond donors (Lipinski definition) is 1. The molecule has 1 aromatic heterocycles. The van der Waals surface area contributed by atoms with Crippen LogP contribution in [0.1, 0.15) is 26.1 Å². The molecule has 6 heteroatoms. The fourth-order valence-electron chi connectivity index (χ4n) is 3.72. The van der Waals surface area contributed by atoms with Crippen LogP contribution in [0.4, 0.5) is 0 Å². The van der Waals surface area contributed by atoms with E-state index in [0.29, 0.717) is 46.6 Å². The Labute approximate surface area is 141 Å². The summed E-state index contributed by atoms with van der Waals surface area (Å²) in [5, 5.41) is 0.511.